The monoisotopic (exact) mass is 257 g/mol. The summed E-state index contributed by atoms with van der Waals surface area (Å²) < 4.78 is 2.24. The summed E-state index contributed by atoms with van der Waals surface area (Å²) in [6, 6.07) is 20.8. The SMILES string of the molecule is c1ccc2c(c1)nc1ccc3[nH]c4ccccc4c3n12. The summed E-state index contributed by atoms with van der Waals surface area (Å²) in [4.78, 5) is 8.18. The highest BCUT2D eigenvalue weighted by Crippen LogP contribution is 2.29. The molecule has 2 aromatic carbocycles. The van der Waals surface area contributed by atoms with Crippen LogP contribution in [0.4, 0.5) is 0 Å². The van der Waals surface area contributed by atoms with Crippen LogP contribution in [0, 0.1) is 0 Å². The van der Waals surface area contributed by atoms with Gasteiger partial charge in [-0.3, -0.25) is 4.40 Å². The quantitative estimate of drug-likeness (QED) is 0.444. The molecule has 0 bridgehead atoms. The van der Waals surface area contributed by atoms with Gasteiger partial charge in [-0.15, -0.1) is 0 Å². The lowest BCUT2D eigenvalue weighted by Gasteiger charge is -1.99. The minimum atomic E-state index is 0.989. The molecule has 0 atom stereocenters. The summed E-state index contributed by atoms with van der Waals surface area (Å²) >= 11 is 0. The van der Waals surface area contributed by atoms with Crippen molar-refractivity contribution in [2.75, 3.05) is 0 Å². The van der Waals surface area contributed by atoms with E-state index < -0.39 is 0 Å². The first kappa shape index (κ1) is 10.0. The van der Waals surface area contributed by atoms with Gasteiger partial charge >= 0.3 is 0 Å². The third kappa shape index (κ3) is 1.12. The van der Waals surface area contributed by atoms with Crippen molar-refractivity contribution in [1.29, 1.82) is 0 Å². The molecule has 94 valence electrons. The fourth-order valence-corrected chi connectivity index (χ4v) is 3.06. The number of aromatic nitrogens is 3. The van der Waals surface area contributed by atoms with Gasteiger partial charge in [0.15, 0.2) is 0 Å². The zero-order chi connectivity index (χ0) is 13.1. The van der Waals surface area contributed by atoms with Gasteiger partial charge in [0.05, 0.1) is 22.1 Å². The number of aromatic amines is 1. The number of nitrogens with one attached hydrogen (secondary N) is 1. The van der Waals surface area contributed by atoms with Crippen LogP contribution in [0.25, 0.3) is 38.6 Å². The predicted octanol–water partition coefficient (Wildman–Crippen LogP) is 4.12. The Labute approximate surface area is 114 Å². The topological polar surface area (TPSA) is 33.1 Å². The van der Waals surface area contributed by atoms with Crippen LogP contribution in [0.1, 0.15) is 0 Å². The van der Waals surface area contributed by atoms with Crippen molar-refractivity contribution in [2.45, 2.75) is 0 Å². The van der Waals surface area contributed by atoms with E-state index >= 15 is 0 Å². The molecule has 3 heteroatoms. The molecular formula is C17H11N3. The van der Waals surface area contributed by atoms with E-state index in [0.29, 0.717) is 0 Å². The number of hydrogen-bond acceptors (Lipinski definition) is 1. The molecule has 0 radical (unpaired) electrons. The number of rotatable bonds is 0. The van der Waals surface area contributed by atoms with Crippen molar-refractivity contribution in [1.82, 2.24) is 14.4 Å². The Morgan fingerprint density at radius 1 is 0.800 bits per heavy atom. The summed E-state index contributed by atoms with van der Waals surface area (Å²) in [5, 5.41) is 1.23. The molecule has 0 unspecified atom stereocenters. The highest BCUT2D eigenvalue weighted by Gasteiger charge is 2.11. The third-order valence-electron chi connectivity index (χ3n) is 3.92. The van der Waals surface area contributed by atoms with E-state index in [4.69, 9.17) is 4.98 Å². The van der Waals surface area contributed by atoms with Gasteiger partial charge in [-0.1, -0.05) is 30.3 Å². The maximum absolute atomic E-state index is 4.70. The zero-order valence-electron chi connectivity index (χ0n) is 10.7. The van der Waals surface area contributed by atoms with Crippen LogP contribution in [0.2, 0.25) is 0 Å². The van der Waals surface area contributed by atoms with Crippen LogP contribution in [-0.4, -0.2) is 14.4 Å². The van der Waals surface area contributed by atoms with E-state index in [1.54, 1.807) is 0 Å². The van der Waals surface area contributed by atoms with Gasteiger partial charge in [0.1, 0.15) is 5.65 Å². The van der Waals surface area contributed by atoms with Crippen molar-refractivity contribution in [2.24, 2.45) is 0 Å². The number of pyridine rings is 1. The molecule has 0 aliphatic heterocycles. The normalized spacial score (nSPS) is 12.0. The first-order valence-electron chi connectivity index (χ1n) is 6.68. The molecule has 5 rings (SSSR count). The van der Waals surface area contributed by atoms with Crippen molar-refractivity contribution in [3.63, 3.8) is 0 Å². The molecule has 5 aromatic rings. The fraction of sp³-hybridized carbons (Fsp3) is 0. The summed E-state index contributed by atoms with van der Waals surface area (Å²) in [6.45, 7) is 0. The Morgan fingerprint density at radius 2 is 1.65 bits per heavy atom. The van der Waals surface area contributed by atoms with E-state index in [1.807, 2.05) is 6.07 Å². The molecule has 0 amide bonds. The van der Waals surface area contributed by atoms with E-state index in [2.05, 4.69) is 64.0 Å². The lowest BCUT2D eigenvalue weighted by atomic mass is 10.2. The van der Waals surface area contributed by atoms with E-state index in [0.717, 1.165) is 27.7 Å². The Hall–Kier alpha value is -2.81. The molecule has 20 heavy (non-hydrogen) atoms. The average molecular weight is 257 g/mol. The van der Waals surface area contributed by atoms with Gasteiger partial charge in [-0.05, 0) is 30.3 Å². The molecule has 0 spiro atoms. The standard InChI is InChI=1S/C17H11N3/c1-2-6-12-11(5-1)17-14(18-12)9-10-16-19-13-7-3-4-8-15(13)20(16)17/h1-10,18H. The number of fused-ring (bicyclic) bond motifs is 7. The fourth-order valence-electron chi connectivity index (χ4n) is 3.06. The number of benzene rings is 2. The second kappa shape index (κ2) is 3.39. The summed E-state index contributed by atoms with van der Waals surface area (Å²) in [7, 11) is 0. The second-order valence-corrected chi connectivity index (χ2v) is 5.06. The highest BCUT2D eigenvalue weighted by atomic mass is 15.0. The number of hydrogen-bond donors (Lipinski definition) is 1. The molecule has 3 nitrogen and oxygen atoms in total. The van der Waals surface area contributed by atoms with E-state index in [9.17, 15) is 0 Å². The molecule has 0 fully saturated rings. The van der Waals surface area contributed by atoms with Gasteiger partial charge in [-0.2, -0.15) is 0 Å². The number of imidazole rings is 1. The predicted molar refractivity (Wildman–Crippen MR) is 82.1 cm³/mol. The molecule has 3 heterocycles. The minimum absolute atomic E-state index is 0.989. The van der Waals surface area contributed by atoms with Crippen LogP contribution in [0.15, 0.2) is 60.7 Å². The van der Waals surface area contributed by atoms with Crippen molar-refractivity contribution < 1.29 is 0 Å². The molecule has 0 aliphatic carbocycles. The molecule has 0 aliphatic rings. The Morgan fingerprint density at radius 3 is 2.65 bits per heavy atom. The first-order valence-corrected chi connectivity index (χ1v) is 6.68. The van der Waals surface area contributed by atoms with E-state index in [-0.39, 0.29) is 0 Å². The van der Waals surface area contributed by atoms with Crippen LogP contribution >= 0.6 is 0 Å². The maximum atomic E-state index is 4.70. The van der Waals surface area contributed by atoms with Gasteiger partial charge in [0, 0.05) is 10.9 Å². The molecular weight excluding hydrogens is 246 g/mol. The molecule has 0 saturated heterocycles. The van der Waals surface area contributed by atoms with Crippen LogP contribution in [-0.2, 0) is 0 Å². The van der Waals surface area contributed by atoms with E-state index in [1.165, 1.54) is 10.9 Å². The Kier molecular flexibility index (Phi) is 1.70. The molecule has 1 N–H and O–H groups in total. The molecule has 3 aromatic heterocycles. The van der Waals surface area contributed by atoms with Crippen molar-refractivity contribution in [3.8, 4) is 0 Å². The van der Waals surface area contributed by atoms with Gasteiger partial charge < -0.3 is 4.98 Å². The van der Waals surface area contributed by atoms with Crippen LogP contribution in [0.5, 0.6) is 0 Å². The van der Waals surface area contributed by atoms with Crippen LogP contribution in [0.3, 0.4) is 0 Å². The summed E-state index contributed by atoms with van der Waals surface area (Å²) in [6.07, 6.45) is 0. The Bertz CT molecular complexity index is 1010. The third-order valence-corrected chi connectivity index (χ3v) is 3.92. The largest absolute Gasteiger partial charge is 0.353 e. The Balaban J connectivity index is 2.19. The number of para-hydroxylation sites is 3. The second-order valence-electron chi connectivity index (χ2n) is 5.06. The average Bonchev–Trinajstić information content (AvgIpc) is 3.04. The first-order chi connectivity index (χ1) is 9.92. The van der Waals surface area contributed by atoms with Crippen LogP contribution < -0.4 is 0 Å². The summed E-state index contributed by atoms with van der Waals surface area (Å²) in [5.74, 6) is 0. The van der Waals surface area contributed by atoms with Crippen molar-refractivity contribution >= 4 is 38.6 Å². The lowest BCUT2D eigenvalue weighted by molar-refractivity contribution is 1.30. The number of nitrogens with zero attached hydrogens (tertiary/aromatic N) is 2. The zero-order valence-corrected chi connectivity index (χ0v) is 10.7. The molecule has 0 saturated carbocycles. The highest BCUT2D eigenvalue weighted by molar-refractivity contribution is 6.07. The van der Waals surface area contributed by atoms with Gasteiger partial charge in [-0.25, -0.2) is 4.98 Å². The maximum Gasteiger partial charge on any atom is 0.138 e. The summed E-state index contributed by atoms with van der Waals surface area (Å²) in [5.41, 5.74) is 6.67. The van der Waals surface area contributed by atoms with Gasteiger partial charge in [0.25, 0.3) is 0 Å². The van der Waals surface area contributed by atoms with Crippen molar-refractivity contribution in [3.05, 3.63) is 60.7 Å². The van der Waals surface area contributed by atoms with Gasteiger partial charge in [0.2, 0.25) is 0 Å². The minimum Gasteiger partial charge on any atom is -0.353 e. The lowest BCUT2D eigenvalue weighted by Crippen LogP contribution is -1.85. The number of H-pyrrole nitrogens is 1. The smallest absolute Gasteiger partial charge is 0.138 e.